The molecule has 1 aromatic carbocycles. The van der Waals surface area contributed by atoms with Gasteiger partial charge in [0.25, 0.3) is 0 Å². The van der Waals surface area contributed by atoms with Gasteiger partial charge in [-0.2, -0.15) is 0 Å². The van der Waals surface area contributed by atoms with E-state index in [2.05, 4.69) is 6.07 Å². The summed E-state index contributed by atoms with van der Waals surface area (Å²) in [5, 5.41) is 3.61. The van der Waals surface area contributed by atoms with Crippen molar-refractivity contribution in [2.45, 2.75) is 13.0 Å². The second-order valence-corrected chi connectivity index (χ2v) is 3.74. The first-order valence-electron chi connectivity index (χ1n) is 4.73. The van der Waals surface area contributed by atoms with Crippen LogP contribution in [0.3, 0.4) is 0 Å². The zero-order chi connectivity index (χ0) is 10.1. The Kier molecular flexibility index (Phi) is 3.72. The van der Waals surface area contributed by atoms with Crippen LogP contribution in [0.4, 0.5) is 0 Å². The molecule has 1 aromatic rings. The van der Waals surface area contributed by atoms with Crippen LogP contribution in [0.25, 0.3) is 0 Å². The Bertz CT molecular complexity index is 365. The molecule has 2 rings (SSSR count). The molecule has 0 fully saturated rings. The van der Waals surface area contributed by atoms with Crippen molar-refractivity contribution in [1.29, 1.82) is 0 Å². The Labute approximate surface area is 96.1 Å². The van der Waals surface area contributed by atoms with Crippen LogP contribution in [0.5, 0.6) is 0 Å². The number of halogens is 1. The number of benzene rings is 1. The minimum absolute atomic E-state index is 0. The van der Waals surface area contributed by atoms with Crippen LogP contribution >= 0.6 is 12.4 Å². The number of hydrogen-bond donors (Lipinski definition) is 0. The average molecular weight is 227 g/mol. The summed E-state index contributed by atoms with van der Waals surface area (Å²) in [5.74, 6) is 0.175. The van der Waals surface area contributed by atoms with Crippen molar-refractivity contribution in [3.05, 3.63) is 35.4 Å². The summed E-state index contributed by atoms with van der Waals surface area (Å²) in [5.41, 5.74) is 2.41. The first-order chi connectivity index (χ1) is 6.68. The van der Waals surface area contributed by atoms with E-state index in [4.69, 9.17) is 0 Å². The summed E-state index contributed by atoms with van der Waals surface area (Å²) in [4.78, 5) is 11.7. The van der Waals surface area contributed by atoms with Gasteiger partial charge in [-0.3, -0.25) is 9.80 Å². The maximum atomic E-state index is 11.7. The molecular weight excluding hydrogens is 212 g/mol. The molecule has 0 bridgehead atoms. The minimum atomic E-state index is 0. The zero-order valence-corrected chi connectivity index (χ0v) is 9.75. The summed E-state index contributed by atoms with van der Waals surface area (Å²) in [6, 6.07) is 8.11. The molecule has 0 aromatic heterocycles. The van der Waals surface area contributed by atoms with Gasteiger partial charge < -0.3 is 0 Å². The van der Waals surface area contributed by atoms with E-state index >= 15 is 0 Å². The van der Waals surface area contributed by atoms with E-state index in [9.17, 15) is 4.79 Å². The van der Waals surface area contributed by atoms with Crippen molar-refractivity contribution in [3.63, 3.8) is 0 Å². The van der Waals surface area contributed by atoms with E-state index in [-0.39, 0.29) is 18.3 Å². The normalized spacial score (nSPS) is 14.9. The fourth-order valence-electron chi connectivity index (χ4n) is 1.75. The van der Waals surface area contributed by atoms with E-state index < -0.39 is 0 Å². The van der Waals surface area contributed by atoms with Crippen LogP contribution in [-0.4, -0.2) is 30.0 Å². The van der Waals surface area contributed by atoms with Crippen LogP contribution in [0.15, 0.2) is 24.3 Å². The van der Waals surface area contributed by atoms with Gasteiger partial charge in [0.05, 0.1) is 13.0 Å². The highest BCUT2D eigenvalue weighted by Crippen LogP contribution is 2.19. The van der Waals surface area contributed by atoms with E-state index in [0.29, 0.717) is 13.0 Å². The van der Waals surface area contributed by atoms with Crippen molar-refractivity contribution in [2.24, 2.45) is 0 Å². The molecule has 3 nitrogen and oxygen atoms in total. The molecule has 0 atom stereocenters. The van der Waals surface area contributed by atoms with Gasteiger partial charge in [0.2, 0.25) is 5.91 Å². The second-order valence-electron chi connectivity index (χ2n) is 3.74. The van der Waals surface area contributed by atoms with Crippen molar-refractivity contribution >= 4 is 18.3 Å². The van der Waals surface area contributed by atoms with E-state index in [1.807, 2.05) is 37.3 Å². The largest absolute Gasteiger partial charge is 0.273 e. The monoisotopic (exact) mass is 226 g/mol. The molecule has 15 heavy (non-hydrogen) atoms. The highest BCUT2D eigenvalue weighted by molar-refractivity contribution is 5.85. The average Bonchev–Trinajstić information content (AvgIpc) is 2.16. The summed E-state index contributed by atoms with van der Waals surface area (Å²) in [6.45, 7) is 0.696. The molecule has 1 amide bonds. The first-order valence-corrected chi connectivity index (χ1v) is 4.73. The lowest BCUT2D eigenvalue weighted by atomic mass is 10.0. The molecule has 0 N–H and O–H groups in total. The lowest BCUT2D eigenvalue weighted by Gasteiger charge is -2.33. The van der Waals surface area contributed by atoms with Gasteiger partial charge in [-0.1, -0.05) is 24.3 Å². The third kappa shape index (κ3) is 2.30. The lowest BCUT2D eigenvalue weighted by molar-refractivity contribution is -0.146. The number of carbonyl (C=O) groups excluding carboxylic acids is 1. The van der Waals surface area contributed by atoms with Crippen molar-refractivity contribution in [3.8, 4) is 0 Å². The number of carbonyl (C=O) groups is 1. The Balaban J connectivity index is 0.00000112. The molecule has 82 valence electrons. The Morgan fingerprint density at radius 3 is 2.40 bits per heavy atom. The van der Waals surface area contributed by atoms with Gasteiger partial charge in [0.15, 0.2) is 0 Å². The number of fused-ring (bicyclic) bond motifs is 1. The quantitative estimate of drug-likeness (QED) is 0.724. The van der Waals surface area contributed by atoms with Crippen LogP contribution in [0.2, 0.25) is 0 Å². The van der Waals surface area contributed by atoms with Gasteiger partial charge in [-0.05, 0) is 11.1 Å². The lowest BCUT2D eigenvalue weighted by Crippen LogP contribution is -2.44. The zero-order valence-electron chi connectivity index (χ0n) is 8.93. The third-order valence-corrected chi connectivity index (χ3v) is 2.55. The van der Waals surface area contributed by atoms with E-state index in [1.54, 1.807) is 5.01 Å². The Morgan fingerprint density at radius 1 is 1.20 bits per heavy atom. The Hall–Kier alpha value is -1.06. The maximum Gasteiger partial charge on any atom is 0.241 e. The van der Waals surface area contributed by atoms with Crippen LogP contribution < -0.4 is 0 Å². The predicted octanol–water partition coefficient (Wildman–Crippen LogP) is 1.47. The predicted molar refractivity (Wildman–Crippen MR) is 61.6 cm³/mol. The first kappa shape index (κ1) is 12.0. The van der Waals surface area contributed by atoms with Crippen molar-refractivity contribution in [2.75, 3.05) is 14.1 Å². The van der Waals surface area contributed by atoms with Crippen LogP contribution in [0, 0.1) is 0 Å². The highest BCUT2D eigenvalue weighted by Gasteiger charge is 2.23. The molecule has 1 aliphatic rings. The highest BCUT2D eigenvalue weighted by atomic mass is 35.5. The molecule has 1 heterocycles. The molecular formula is C11H15ClN2O. The SMILES string of the molecule is CN(C)N1Cc2ccccc2CC1=O.Cl. The molecule has 0 spiro atoms. The van der Waals surface area contributed by atoms with Crippen LogP contribution in [-0.2, 0) is 17.8 Å². The third-order valence-electron chi connectivity index (χ3n) is 2.55. The van der Waals surface area contributed by atoms with Crippen molar-refractivity contribution in [1.82, 2.24) is 10.0 Å². The molecule has 0 radical (unpaired) electrons. The second kappa shape index (κ2) is 4.64. The van der Waals surface area contributed by atoms with Gasteiger partial charge in [-0.25, -0.2) is 5.01 Å². The van der Waals surface area contributed by atoms with Gasteiger partial charge in [-0.15, -0.1) is 12.4 Å². The molecule has 0 unspecified atom stereocenters. The standard InChI is InChI=1S/C11H14N2O.ClH/c1-12(2)13-8-10-6-4-3-5-9(10)7-11(13)14;/h3-6H,7-8H2,1-2H3;1H. The number of nitrogens with zero attached hydrogens (tertiary/aromatic N) is 2. The molecule has 1 aliphatic heterocycles. The molecule has 4 heteroatoms. The maximum absolute atomic E-state index is 11.7. The summed E-state index contributed by atoms with van der Waals surface area (Å²) in [7, 11) is 3.79. The fourth-order valence-corrected chi connectivity index (χ4v) is 1.75. The Morgan fingerprint density at radius 2 is 1.80 bits per heavy atom. The van der Waals surface area contributed by atoms with Crippen molar-refractivity contribution < 1.29 is 4.79 Å². The topological polar surface area (TPSA) is 23.6 Å². The fraction of sp³-hybridized carbons (Fsp3) is 0.364. The number of amides is 1. The molecule has 0 saturated carbocycles. The summed E-state index contributed by atoms with van der Waals surface area (Å²) < 4.78 is 0. The number of rotatable bonds is 1. The summed E-state index contributed by atoms with van der Waals surface area (Å²) >= 11 is 0. The minimum Gasteiger partial charge on any atom is -0.273 e. The van der Waals surface area contributed by atoms with Gasteiger partial charge in [0, 0.05) is 14.1 Å². The number of hydrazine groups is 1. The van der Waals surface area contributed by atoms with Gasteiger partial charge >= 0.3 is 0 Å². The van der Waals surface area contributed by atoms with E-state index in [1.165, 1.54) is 5.56 Å². The molecule has 0 saturated heterocycles. The summed E-state index contributed by atoms with van der Waals surface area (Å²) in [6.07, 6.45) is 0.522. The van der Waals surface area contributed by atoms with Gasteiger partial charge in [0.1, 0.15) is 0 Å². The molecule has 0 aliphatic carbocycles. The smallest absolute Gasteiger partial charge is 0.241 e. The number of hydrogen-bond acceptors (Lipinski definition) is 2. The van der Waals surface area contributed by atoms with Crippen LogP contribution in [0.1, 0.15) is 11.1 Å². The van der Waals surface area contributed by atoms with E-state index in [0.717, 1.165) is 5.56 Å².